The van der Waals surface area contributed by atoms with Crippen LogP contribution < -0.4 is 9.88 Å². The Labute approximate surface area is 200 Å². The minimum Gasteiger partial charge on any atom is -0.349 e. The predicted molar refractivity (Wildman–Crippen MR) is 132 cm³/mol. The van der Waals surface area contributed by atoms with Crippen molar-refractivity contribution in [3.63, 3.8) is 0 Å². The summed E-state index contributed by atoms with van der Waals surface area (Å²) < 4.78 is 66.0. The van der Waals surface area contributed by atoms with Gasteiger partial charge in [-0.3, -0.25) is 9.11 Å². The highest BCUT2D eigenvalue weighted by Crippen LogP contribution is 2.41. The molecule has 1 aromatic heterocycles. The molecule has 8 nitrogen and oxygen atoms in total. The summed E-state index contributed by atoms with van der Waals surface area (Å²) in [5.74, 6) is -0.678. The summed E-state index contributed by atoms with van der Waals surface area (Å²) in [4.78, 5) is 1.12. The van der Waals surface area contributed by atoms with Gasteiger partial charge in [-0.2, -0.15) is 21.4 Å². The van der Waals surface area contributed by atoms with E-state index in [-0.39, 0.29) is 24.3 Å². The van der Waals surface area contributed by atoms with Crippen LogP contribution in [-0.4, -0.2) is 37.4 Å². The van der Waals surface area contributed by atoms with E-state index in [0.29, 0.717) is 13.0 Å². The van der Waals surface area contributed by atoms with E-state index in [0.717, 1.165) is 36.4 Å². The van der Waals surface area contributed by atoms with E-state index in [9.17, 15) is 16.8 Å². The van der Waals surface area contributed by atoms with Gasteiger partial charge in [-0.05, 0) is 31.0 Å². The van der Waals surface area contributed by atoms with Crippen LogP contribution in [-0.2, 0) is 33.2 Å². The highest BCUT2D eigenvalue weighted by Gasteiger charge is 2.25. The average molecular weight is 528 g/mol. The van der Waals surface area contributed by atoms with Gasteiger partial charge < -0.3 is 5.32 Å². The molecule has 1 aliphatic heterocycles. The molecule has 0 radical (unpaired) electrons. The Kier molecular flexibility index (Phi) is 7.12. The van der Waals surface area contributed by atoms with Crippen LogP contribution in [0.15, 0.2) is 52.4 Å². The highest BCUT2D eigenvalue weighted by atomic mass is 32.2. The van der Waals surface area contributed by atoms with Crippen LogP contribution in [0.3, 0.4) is 0 Å². The van der Waals surface area contributed by atoms with Gasteiger partial charge in [0.15, 0.2) is 6.54 Å². The van der Waals surface area contributed by atoms with Crippen LogP contribution >= 0.6 is 23.1 Å². The molecule has 3 aromatic rings. The molecule has 3 N–H and O–H groups in total. The first-order chi connectivity index (χ1) is 15.6. The number of nitrogens with zero attached hydrogens (tertiary/aromatic N) is 1. The molecule has 0 saturated carbocycles. The summed E-state index contributed by atoms with van der Waals surface area (Å²) in [6.07, 6.45) is 2.96. The van der Waals surface area contributed by atoms with E-state index in [2.05, 4.69) is 5.32 Å². The van der Waals surface area contributed by atoms with E-state index in [1.807, 2.05) is 53.1 Å². The van der Waals surface area contributed by atoms with Gasteiger partial charge in [-0.1, -0.05) is 47.4 Å². The molecule has 0 aliphatic carbocycles. The third kappa shape index (κ3) is 6.34. The Morgan fingerprint density at radius 1 is 0.939 bits per heavy atom. The van der Waals surface area contributed by atoms with E-state index < -0.39 is 20.2 Å². The van der Waals surface area contributed by atoms with Crippen molar-refractivity contribution in [2.75, 3.05) is 16.8 Å². The topological polar surface area (TPSA) is 125 Å². The number of nitrogens with one attached hydrogen (secondary N) is 1. The molecule has 0 spiro atoms. The molecular weight excluding hydrogens is 505 g/mol. The molecule has 12 heteroatoms. The number of aromatic nitrogens is 1. The number of anilines is 1. The Morgan fingerprint density at radius 3 is 2.39 bits per heavy atom. The second-order valence-corrected chi connectivity index (χ2v) is 12.9. The number of rotatable bonds is 9. The van der Waals surface area contributed by atoms with Crippen molar-refractivity contribution >= 4 is 65.3 Å². The van der Waals surface area contributed by atoms with Crippen LogP contribution in [0, 0.1) is 0 Å². The van der Waals surface area contributed by atoms with E-state index in [4.69, 9.17) is 9.11 Å². The summed E-state index contributed by atoms with van der Waals surface area (Å²) in [6.45, 7) is 0.367. The summed E-state index contributed by atoms with van der Waals surface area (Å²) >= 11 is 3.17. The van der Waals surface area contributed by atoms with Gasteiger partial charge in [-0.15, -0.1) is 0 Å². The Morgan fingerprint density at radius 2 is 1.67 bits per heavy atom. The second-order valence-electron chi connectivity index (χ2n) is 7.62. The molecule has 33 heavy (non-hydrogen) atoms. The third-order valence-electron chi connectivity index (χ3n) is 5.08. The molecule has 1 aliphatic rings. The zero-order valence-electron chi connectivity index (χ0n) is 17.5. The monoisotopic (exact) mass is 527 g/mol. The highest BCUT2D eigenvalue weighted by molar-refractivity contribution is 8.03. The largest absolute Gasteiger partial charge is 0.349 e. The van der Waals surface area contributed by atoms with Crippen LogP contribution in [0.2, 0.25) is 0 Å². The molecule has 176 valence electrons. The lowest BCUT2D eigenvalue weighted by Crippen LogP contribution is -2.37. The number of aryl methyl sites for hydroxylation is 2. The fourth-order valence-electron chi connectivity index (χ4n) is 3.73. The van der Waals surface area contributed by atoms with Crippen LogP contribution in [0.25, 0.3) is 16.3 Å². The van der Waals surface area contributed by atoms with Gasteiger partial charge in [0.05, 0.1) is 28.3 Å². The number of thiazole rings is 1. The zero-order valence-corrected chi connectivity index (χ0v) is 20.7. The van der Waals surface area contributed by atoms with Gasteiger partial charge in [0.2, 0.25) is 5.52 Å². The zero-order chi connectivity index (χ0) is 23.6. The summed E-state index contributed by atoms with van der Waals surface area (Å²) in [7, 11) is -8.12. The number of thioether (sulfide) groups is 1. The minimum absolute atomic E-state index is 0.228. The van der Waals surface area contributed by atoms with Crippen molar-refractivity contribution in [1.29, 1.82) is 0 Å². The van der Waals surface area contributed by atoms with E-state index >= 15 is 0 Å². The number of para-hydroxylation sites is 2. The van der Waals surface area contributed by atoms with Crippen LogP contribution in [0.1, 0.15) is 23.4 Å². The van der Waals surface area contributed by atoms with Gasteiger partial charge in [0, 0.05) is 16.9 Å². The van der Waals surface area contributed by atoms with Crippen molar-refractivity contribution in [3.05, 3.63) is 58.1 Å². The van der Waals surface area contributed by atoms with Crippen molar-refractivity contribution < 1.29 is 30.5 Å². The first-order valence-corrected chi connectivity index (χ1v) is 15.0. The first kappa shape index (κ1) is 24.2. The lowest BCUT2D eigenvalue weighted by molar-refractivity contribution is -0.668. The lowest BCUT2D eigenvalue weighted by Gasteiger charge is -2.03. The van der Waals surface area contributed by atoms with Gasteiger partial charge in [-0.25, -0.2) is 0 Å². The molecule has 0 bridgehead atoms. The average Bonchev–Trinajstić information content (AvgIpc) is 3.27. The standard InChI is InChI=1S/C21H22N2O6S4/c24-32(25,26)12-4-7-15-6-3-10-18-21(15)23(11-5-13-33(27,28)29)20(31-18)14-19-22-16-8-1-2-9-17(16)30-19/h1-3,6,8-10,14H,4-5,7,11-13H2,(H2,24,25,26,27,28,29)/p+1. The fourth-order valence-corrected chi connectivity index (χ4v) is 6.93. The Hall–Kier alpha value is -1.96. The lowest BCUT2D eigenvalue weighted by atomic mass is 10.1. The normalized spacial score (nSPS) is 15.2. The van der Waals surface area contributed by atoms with Crippen molar-refractivity contribution in [1.82, 2.24) is 0 Å². The smallest absolute Gasteiger partial charge is 0.265 e. The van der Waals surface area contributed by atoms with Crippen LogP contribution in [0.5, 0.6) is 0 Å². The quantitative estimate of drug-likeness (QED) is 0.283. The number of hydrogen-bond acceptors (Lipinski definition) is 7. The van der Waals surface area contributed by atoms with Gasteiger partial charge >= 0.3 is 0 Å². The Balaban J connectivity index is 1.70. The van der Waals surface area contributed by atoms with Crippen molar-refractivity contribution in [2.45, 2.75) is 30.7 Å². The van der Waals surface area contributed by atoms with Crippen molar-refractivity contribution in [3.8, 4) is 0 Å². The Bertz CT molecular complexity index is 1400. The van der Waals surface area contributed by atoms with E-state index in [1.165, 1.54) is 0 Å². The first-order valence-electron chi connectivity index (χ1n) is 10.2. The molecule has 0 fully saturated rings. The molecule has 0 amide bonds. The molecule has 2 aromatic carbocycles. The second kappa shape index (κ2) is 9.72. The summed E-state index contributed by atoms with van der Waals surface area (Å²) in [5.41, 5.74) is 2.85. The van der Waals surface area contributed by atoms with Crippen LogP contribution in [0.4, 0.5) is 5.69 Å². The number of benzene rings is 2. The SMILES string of the molecule is O=S(=O)(O)CCCc1cccc2sc(C=C3Nc4ccccc4S3)[n+](CCCS(=O)(=O)O)c12. The maximum absolute atomic E-state index is 11.3. The van der Waals surface area contributed by atoms with E-state index in [1.54, 1.807) is 23.1 Å². The molecule has 0 unspecified atom stereocenters. The predicted octanol–water partition coefficient (Wildman–Crippen LogP) is 3.80. The molecule has 0 atom stereocenters. The fraction of sp³-hybridized carbons (Fsp3) is 0.286. The van der Waals surface area contributed by atoms with Gasteiger partial charge in [0.1, 0.15) is 4.70 Å². The minimum atomic E-state index is -4.08. The molecule has 4 rings (SSSR count). The molecule has 0 saturated heterocycles. The molecule has 2 heterocycles. The maximum Gasteiger partial charge on any atom is 0.265 e. The third-order valence-corrected chi connectivity index (χ3v) is 8.81. The van der Waals surface area contributed by atoms with Gasteiger partial charge in [0.25, 0.3) is 25.2 Å². The number of hydrogen-bond donors (Lipinski definition) is 3. The molecular formula is C21H23N2O6S4+. The summed E-state index contributed by atoms with van der Waals surface area (Å²) in [6, 6.07) is 13.8. The van der Waals surface area contributed by atoms with Crippen molar-refractivity contribution in [2.24, 2.45) is 0 Å². The number of fused-ring (bicyclic) bond motifs is 2. The summed E-state index contributed by atoms with van der Waals surface area (Å²) in [5, 5.41) is 5.24. The maximum atomic E-state index is 11.3.